The lowest BCUT2D eigenvalue weighted by atomic mass is 9.88. The Hall–Kier alpha value is -2.35. The first-order valence-corrected chi connectivity index (χ1v) is 6.83. The lowest BCUT2D eigenvalue weighted by Gasteiger charge is -2.16. The molecule has 0 heterocycles. The summed E-state index contributed by atoms with van der Waals surface area (Å²) in [5.74, 6) is -0.550. The van der Waals surface area contributed by atoms with Crippen LogP contribution in [0.1, 0.15) is 35.4 Å². The zero-order valence-electron chi connectivity index (χ0n) is 11.1. The van der Waals surface area contributed by atoms with E-state index in [4.69, 9.17) is 5.11 Å². The van der Waals surface area contributed by atoms with Gasteiger partial charge in [-0.2, -0.15) is 0 Å². The predicted octanol–water partition coefficient (Wildman–Crippen LogP) is 4.19. The normalized spacial score (nSPS) is 16.6. The third-order valence-electron chi connectivity index (χ3n) is 3.81. The first-order valence-electron chi connectivity index (χ1n) is 6.83. The number of benzene rings is 2. The van der Waals surface area contributed by atoms with E-state index in [0.717, 1.165) is 0 Å². The van der Waals surface area contributed by atoms with Crippen molar-refractivity contribution in [2.75, 3.05) is 0 Å². The molecule has 0 saturated heterocycles. The number of carboxylic acids is 1. The predicted molar refractivity (Wildman–Crippen MR) is 80.4 cm³/mol. The quantitative estimate of drug-likeness (QED) is 0.899. The van der Waals surface area contributed by atoms with Gasteiger partial charge in [0.15, 0.2) is 0 Å². The summed E-state index contributed by atoms with van der Waals surface area (Å²) in [5.41, 5.74) is 4.86. The molecule has 0 aliphatic heterocycles. The van der Waals surface area contributed by atoms with Gasteiger partial charge < -0.3 is 5.11 Å². The standard InChI is InChI=1S/C18H16O2/c19-18(20)11-10-16-15-9-5-4-8-14(15)12-17(16)13-6-2-1-3-7-13/h1-9,12,16H,10-11H2,(H,19,20). The average molecular weight is 264 g/mol. The minimum atomic E-state index is -0.734. The Balaban J connectivity index is 1.98. The van der Waals surface area contributed by atoms with Crippen LogP contribution in [-0.4, -0.2) is 11.1 Å². The first kappa shape index (κ1) is 12.7. The molecule has 1 unspecified atom stereocenters. The zero-order chi connectivity index (χ0) is 13.9. The van der Waals surface area contributed by atoms with Crippen molar-refractivity contribution in [3.8, 4) is 0 Å². The van der Waals surface area contributed by atoms with Crippen molar-refractivity contribution in [1.82, 2.24) is 0 Å². The van der Waals surface area contributed by atoms with E-state index in [1.165, 1.54) is 22.3 Å². The molecule has 0 aromatic heterocycles. The van der Waals surface area contributed by atoms with Gasteiger partial charge in [-0.05, 0) is 28.7 Å². The molecular weight excluding hydrogens is 248 g/mol. The van der Waals surface area contributed by atoms with Crippen LogP contribution in [0.2, 0.25) is 0 Å². The minimum Gasteiger partial charge on any atom is -0.481 e. The molecule has 0 radical (unpaired) electrons. The Morgan fingerprint density at radius 1 is 1.00 bits per heavy atom. The Labute approximate surface area is 118 Å². The van der Waals surface area contributed by atoms with E-state index in [1.807, 2.05) is 30.3 Å². The maximum absolute atomic E-state index is 10.9. The van der Waals surface area contributed by atoms with E-state index in [0.29, 0.717) is 6.42 Å². The second-order valence-electron chi connectivity index (χ2n) is 5.08. The molecule has 20 heavy (non-hydrogen) atoms. The monoisotopic (exact) mass is 264 g/mol. The molecule has 0 bridgehead atoms. The van der Waals surface area contributed by atoms with E-state index in [-0.39, 0.29) is 12.3 Å². The lowest BCUT2D eigenvalue weighted by molar-refractivity contribution is -0.137. The molecule has 2 heteroatoms. The zero-order valence-corrected chi connectivity index (χ0v) is 11.1. The van der Waals surface area contributed by atoms with Gasteiger partial charge in [0.25, 0.3) is 0 Å². The summed E-state index contributed by atoms with van der Waals surface area (Å²) in [4.78, 5) is 10.9. The van der Waals surface area contributed by atoms with Gasteiger partial charge in [-0.1, -0.05) is 60.7 Å². The van der Waals surface area contributed by atoms with Gasteiger partial charge in [-0.15, -0.1) is 0 Å². The van der Waals surface area contributed by atoms with Crippen LogP contribution in [0, 0.1) is 0 Å². The highest BCUT2D eigenvalue weighted by Gasteiger charge is 2.26. The second kappa shape index (κ2) is 5.33. The number of fused-ring (bicyclic) bond motifs is 1. The number of aliphatic carboxylic acids is 1. The molecule has 2 aromatic carbocycles. The van der Waals surface area contributed by atoms with Crippen molar-refractivity contribution in [3.05, 3.63) is 71.3 Å². The van der Waals surface area contributed by atoms with E-state index in [1.54, 1.807) is 0 Å². The Kier molecular flexibility index (Phi) is 3.38. The largest absolute Gasteiger partial charge is 0.481 e. The minimum absolute atomic E-state index is 0.185. The fourth-order valence-corrected chi connectivity index (χ4v) is 2.89. The molecule has 1 atom stereocenters. The molecule has 2 nitrogen and oxygen atoms in total. The van der Waals surface area contributed by atoms with Crippen molar-refractivity contribution in [2.24, 2.45) is 0 Å². The Morgan fingerprint density at radius 2 is 1.70 bits per heavy atom. The number of hydrogen-bond acceptors (Lipinski definition) is 1. The van der Waals surface area contributed by atoms with Crippen molar-refractivity contribution < 1.29 is 9.90 Å². The molecule has 3 rings (SSSR count). The highest BCUT2D eigenvalue weighted by molar-refractivity contribution is 5.91. The van der Waals surface area contributed by atoms with E-state index in [2.05, 4.69) is 30.3 Å². The number of hydrogen-bond donors (Lipinski definition) is 1. The fraction of sp³-hybridized carbons (Fsp3) is 0.167. The topological polar surface area (TPSA) is 37.3 Å². The fourth-order valence-electron chi connectivity index (χ4n) is 2.89. The SMILES string of the molecule is O=C(O)CCC1C(c2ccccc2)=Cc2ccccc21. The first-order chi connectivity index (χ1) is 9.75. The molecular formula is C18H16O2. The van der Waals surface area contributed by atoms with Gasteiger partial charge in [0.1, 0.15) is 0 Å². The number of carboxylic acid groups (broad SMARTS) is 1. The average Bonchev–Trinajstić information content (AvgIpc) is 2.84. The van der Waals surface area contributed by atoms with E-state index in [9.17, 15) is 4.79 Å². The summed E-state index contributed by atoms with van der Waals surface area (Å²) in [6.07, 6.45) is 3.04. The van der Waals surface area contributed by atoms with Crippen LogP contribution in [0.15, 0.2) is 54.6 Å². The van der Waals surface area contributed by atoms with Crippen LogP contribution < -0.4 is 0 Å². The highest BCUT2D eigenvalue weighted by Crippen LogP contribution is 2.44. The molecule has 100 valence electrons. The molecule has 0 spiro atoms. The molecule has 2 aromatic rings. The van der Waals surface area contributed by atoms with Gasteiger partial charge in [0.2, 0.25) is 0 Å². The summed E-state index contributed by atoms with van der Waals surface area (Å²) < 4.78 is 0. The van der Waals surface area contributed by atoms with Crippen LogP contribution in [0.3, 0.4) is 0 Å². The third kappa shape index (κ3) is 2.37. The molecule has 1 aliphatic rings. The van der Waals surface area contributed by atoms with E-state index < -0.39 is 5.97 Å². The van der Waals surface area contributed by atoms with Gasteiger partial charge >= 0.3 is 5.97 Å². The van der Waals surface area contributed by atoms with Gasteiger partial charge in [-0.3, -0.25) is 4.79 Å². The summed E-state index contributed by atoms with van der Waals surface area (Å²) in [6.45, 7) is 0. The van der Waals surface area contributed by atoms with Crippen LogP contribution in [0.25, 0.3) is 11.6 Å². The van der Waals surface area contributed by atoms with Crippen LogP contribution in [-0.2, 0) is 4.79 Å². The van der Waals surface area contributed by atoms with Crippen molar-refractivity contribution in [3.63, 3.8) is 0 Å². The molecule has 0 amide bonds. The number of carbonyl (C=O) groups is 1. The number of rotatable bonds is 4. The van der Waals surface area contributed by atoms with Crippen LogP contribution in [0.4, 0.5) is 0 Å². The molecule has 1 aliphatic carbocycles. The highest BCUT2D eigenvalue weighted by atomic mass is 16.4. The van der Waals surface area contributed by atoms with Gasteiger partial charge in [-0.25, -0.2) is 0 Å². The Morgan fingerprint density at radius 3 is 2.45 bits per heavy atom. The third-order valence-corrected chi connectivity index (χ3v) is 3.81. The summed E-state index contributed by atoms with van der Waals surface area (Å²) in [5, 5.41) is 8.96. The summed E-state index contributed by atoms with van der Waals surface area (Å²) in [7, 11) is 0. The maximum atomic E-state index is 10.9. The second-order valence-corrected chi connectivity index (χ2v) is 5.08. The van der Waals surface area contributed by atoms with Crippen molar-refractivity contribution in [2.45, 2.75) is 18.8 Å². The Bertz CT molecular complexity index is 656. The van der Waals surface area contributed by atoms with E-state index >= 15 is 0 Å². The van der Waals surface area contributed by atoms with Gasteiger partial charge in [0.05, 0.1) is 0 Å². The maximum Gasteiger partial charge on any atom is 0.303 e. The summed E-state index contributed by atoms with van der Waals surface area (Å²) in [6, 6.07) is 18.5. The lowest BCUT2D eigenvalue weighted by Crippen LogP contribution is -2.03. The van der Waals surface area contributed by atoms with Crippen molar-refractivity contribution in [1.29, 1.82) is 0 Å². The smallest absolute Gasteiger partial charge is 0.303 e. The van der Waals surface area contributed by atoms with Crippen LogP contribution in [0.5, 0.6) is 0 Å². The van der Waals surface area contributed by atoms with Crippen molar-refractivity contribution >= 4 is 17.6 Å². The molecule has 0 saturated carbocycles. The van der Waals surface area contributed by atoms with Gasteiger partial charge in [0, 0.05) is 12.3 Å². The number of allylic oxidation sites excluding steroid dienone is 1. The van der Waals surface area contributed by atoms with Crippen LogP contribution >= 0.6 is 0 Å². The molecule has 0 fully saturated rings. The summed E-state index contributed by atoms with van der Waals surface area (Å²) >= 11 is 0. The molecule has 1 N–H and O–H groups in total.